The Morgan fingerprint density at radius 3 is 2.59 bits per heavy atom. The van der Waals surface area contributed by atoms with Crippen LogP contribution >= 0.6 is 0 Å². The van der Waals surface area contributed by atoms with Gasteiger partial charge in [0.25, 0.3) is 5.91 Å². The number of carbonyl (C=O) groups is 1. The van der Waals surface area contributed by atoms with E-state index in [1.54, 1.807) is 19.2 Å². The quantitative estimate of drug-likeness (QED) is 0.503. The largest absolute Gasteiger partial charge is 0.459 e. The summed E-state index contributed by atoms with van der Waals surface area (Å²) >= 11 is 0. The van der Waals surface area contributed by atoms with E-state index < -0.39 is 0 Å². The summed E-state index contributed by atoms with van der Waals surface area (Å²) in [4.78, 5) is 18.4. The molecule has 1 aliphatic heterocycles. The van der Waals surface area contributed by atoms with Crippen LogP contribution in [0.4, 0.5) is 0 Å². The number of guanidine groups is 1. The molecule has 0 radical (unpaired) electrons. The molecule has 2 unspecified atom stereocenters. The fraction of sp³-hybridized carbons (Fsp3) is 0.625. The fourth-order valence-electron chi connectivity index (χ4n) is 3.01. The molecule has 1 aliphatic rings. The highest BCUT2D eigenvalue weighted by Crippen LogP contribution is 2.20. The van der Waals surface area contributed by atoms with Gasteiger partial charge in [-0.1, -0.05) is 13.8 Å². The average Bonchev–Trinajstić information content (AvgIpc) is 3.00. The van der Waals surface area contributed by atoms with Gasteiger partial charge in [0.2, 0.25) is 0 Å². The van der Waals surface area contributed by atoms with Crippen molar-refractivity contribution in [1.82, 2.24) is 15.5 Å². The first kappa shape index (κ1) is 16.4. The minimum atomic E-state index is -0.193. The molecule has 6 heteroatoms. The van der Waals surface area contributed by atoms with Crippen molar-refractivity contribution in [3.8, 4) is 0 Å². The molecule has 1 fully saturated rings. The maximum atomic E-state index is 11.7. The smallest absolute Gasteiger partial charge is 0.287 e. The summed E-state index contributed by atoms with van der Waals surface area (Å²) in [5.74, 6) is 2.41. The summed E-state index contributed by atoms with van der Waals surface area (Å²) in [6, 6.07) is 3.35. The number of nitrogens with one attached hydrogen (secondary N) is 2. The van der Waals surface area contributed by atoms with E-state index in [1.165, 1.54) is 12.7 Å². The molecular weight excluding hydrogens is 280 g/mol. The van der Waals surface area contributed by atoms with Gasteiger partial charge in [-0.25, -0.2) is 0 Å². The molecule has 0 spiro atoms. The molecular formula is C16H26N4O2. The highest BCUT2D eigenvalue weighted by atomic mass is 16.3. The zero-order chi connectivity index (χ0) is 15.9. The number of furan rings is 1. The molecule has 22 heavy (non-hydrogen) atoms. The number of amides is 1. The van der Waals surface area contributed by atoms with Gasteiger partial charge in [-0.15, -0.1) is 0 Å². The highest BCUT2D eigenvalue weighted by Gasteiger charge is 2.23. The van der Waals surface area contributed by atoms with Crippen molar-refractivity contribution in [2.75, 3.05) is 33.2 Å². The molecule has 1 amide bonds. The van der Waals surface area contributed by atoms with Gasteiger partial charge in [0.1, 0.15) is 0 Å². The maximum absolute atomic E-state index is 11.7. The van der Waals surface area contributed by atoms with E-state index in [9.17, 15) is 4.79 Å². The molecule has 0 aromatic carbocycles. The van der Waals surface area contributed by atoms with E-state index in [-0.39, 0.29) is 5.91 Å². The lowest BCUT2D eigenvalue weighted by Crippen LogP contribution is -2.49. The Kier molecular flexibility index (Phi) is 5.86. The Morgan fingerprint density at radius 2 is 2.00 bits per heavy atom. The van der Waals surface area contributed by atoms with Crippen molar-refractivity contribution in [3.63, 3.8) is 0 Å². The molecule has 0 aliphatic carbocycles. The van der Waals surface area contributed by atoms with Crippen LogP contribution < -0.4 is 10.6 Å². The van der Waals surface area contributed by atoms with Gasteiger partial charge in [-0.05, 0) is 30.4 Å². The molecule has 0 saturated carbocycles. The fourth-order valence-corrected chi connectivity index (χ4v) is 3.01. The molecule has 0 bridgehead atoms. The minimum Gasteiger partial charge on any atom is -0.459 e. The zero-order valence-electron chi connectivity index (χ0n) is 13.6. The van der Waals surface area contributed by atoms with E-state index in [1.807, 2.05) is 0 Å². The van der Waals surface area contributed by atoms with E-state index in [2.05, 4.69) is 34.4 Å². The third kappa shape index (κ3) is 4.51. The molecule has 2 atom stereocenters. The molecule has 6 nitrogen and oxygen atoms in total. The normalized spacial score (nSPS) is 22.5. The lowest BCUT2D eigenvalue weighted by Gasteiger charge is -2.37. The second kappa shape index (κ2) is 7.87. The third-order valence-electron chi connectivity index (χ3n) is 3.82. The molecule has 1 aromatic heterocycles. The van der Waals surface area contributed by atoms with E-state index in [0.29, 0.717) is 30.7 Å². The predicted molar refractivity (Wildman–Crippen MR) is 86.9 cm³/mol. The topological polar surface area (TPSA) is 69.9 Å². The number of hydrogen-bond acceptors (Lipinski definition) is 3. The Bertz CT molecular complexity index is 488. The average molecular weight is 306 g/mol. The molecule has 2 heterocycles. The van der Waals surface area contributed by atoms with Gasteiger partial charge >= 0.3 is 0 Å². The third-order valence-corrected chi connectivity index (χ3v) is 3.82. The first-order chi connectivity index (χ1) is 10.6. The maximum Gasteiger partial charge on any atom is 0.287 e. The van der Waals surface area contributed by atoms with Gasteiger partial charge in [-0.2, -0.15) is 0 Å². The van der Waals surface area contributed by atoms with Gasteiger partial charge in [0.15, 0.2) is 11.7 Å². The highest BCUT2D eigenvalue weighted by molar-refractivity contribution is 5.91. The number of carbonyl (C=O) groups excluding carboxylic acids is 1. The SMILES string of the molecule is CN=C(NCCNC(=O)c1ccco1)N1CC(C)CC(C)C1. The molecule has 1 aromatic rings. The van der Waals surface area contributed by atoms with Crippen LogP contribution in [-0.4, -0.2) is 50.0 Å². The number of hydrogen-bond donors (Lipinski definition) is 2. The molecule has 122 valence electrons. The van der Waals surface area contributed by atoms with E-state index in [0.717, 1.165) is 19.0 Å². The minimum absolute atomic E-state index is 0.193. The Labute approximate surface area is 132 Å². The summed E-state index contributed by atoms with van der Waals surface area (Å²) in [6.45, 7) is 7.78. The lowest BCUT2D eigenvalue weighted by atomic mass is 9.92. The van der Waals surface area contributed by atoms with Crippen LogP contribution in [0.3, 0.4) is 0 Å². The van der Waals surface area contributed by atoms with Gasteiger partial charge in [-0.3, -0.25) is 9.79 Å². The second-order valence-corrected chi connectivity index (χ2v) is 6.06. The van der Waals surface area contributed by atoms with Crippen molar-refractivity contribution in [1.29, 1.82) is 0 Å². The number of nitrogens with zero attached hydrogens (tertiary/aromatic N) is 2. The number of piperidine rings is 1. The van der Waals surface area contributed by atoms with Crippen molar-refractivity contribution >= 4 is 11.9 Å². The van der Waals surface area contributed by atoms with Gasteiger partial charge in [0.05, 0.1) is 6.26 Å². The van der Waals surface area contributed by atoms with Crippen LogP contribution in [0.15, 0.2) is 27.8 Å². The standard InChI is InChI=1S/C16H26N4O2/c1-12-9-13(2)11-20(10-12)16(17-3)19-7-6-18-15(21)14-5-4-8-22-14/h4-5,8,12-13H,6-7,9-11H2,1-3H3,(H,17,19)(H,18,21). The van der Waals surface area contributed by atoms with Crippen molar-refractivity contribution in [2.24, 2.45) is 16.8 Å². The summed E-state index contributed by atoms with van der Waals surface area (Å²) in [7, 11) is 1.80. The monoisotopic (exact) mass is 306 g/mol. The van der Waals surface area contributed by atoms with Crippen molar-refractivity contribution in [3.05, 3.63) is 24.2 Å². The van der Waals surface area contributed by atoms with Crippen LogP contribution in [0.5, 0.6) is 0 Å². The van der Waals surface area contributed by atoms with Gasteiger partial charge < -0.3 is 20.0 Å². The van der Waals surface area contributed by atoms with Crippen molar-refractivity contribution in [2.45, 2.75) is 20.3 Å². The first-order valence-corrected chi connectivity index (χ1v) is 7.87. The molecule has 2 N–H and O–H groups in total. The molecule has 2 rings (SSSR count). The Morgan fingerprint density at radius 1 is 1.32 bits per heavy atom. The number of likely N-dealkylation sites (tertiary alicyclic amines) is 1. The first-order valence-electron chi connectivity index (χ1n) is 7.87. The van der Waals surface area contributed by atoms with Crippen LogP contribution in [0.25, 0.3) is 0 Å². The van der Waals surface area contributed by atoms with E-state index >= 15 is 0 Å². The van der Waals surface area contributed by atoms with Crippen LogP contribution in [0.1, 0.15) is 30.8 Å². The summed E-state index contributed by atoms with van der Waals surface area (Å²) in [5.41, 5.74) is 0. The van der Waals surface area contributed by atoms with Crippen molar-refractivity contribution < 1.29 is 9.21 Å². The number of rotatable bonds is 4. The van der Waals surface area contributed by atoms with Gasteiger partial charge in [0, 0.05) is 33.2 Å². The Balaban J connectivity index is 1.74. The summed E-state index contributed by atoms with van der Waals surface area (Å²) in [5, 5.41) is 6.13. The predicted octanol–water partition coefficient (Wildman–Crippen LogP) is 1.56. The number of aliphatic imine (C=N–C) groups is 1. The van der Waals surface area contributed by atoms with E-state index in [4.69, 9.17) is 4.42 Å². The zero-order valence-corrected chi connectivity index (χ0v) is 13.6. The van der Waals surface area contributed by atoms with Crippen LogP contribution in [-0.2, 0) is 0 Å². The van der Waals surface area contributed by atoms with Crippen LogP contribution in [0.2, 0.25) is 0 Å². The summed E-state index contributed by atoms with van der Waals surface area (Å²) in [6.07, 6.45) is 2.76. The Hall–Kier alpha value is -1.98. The lowest BCUT2D eigenvalue weighted by molar-refractivity contribution is 0.0926. The summed E-state index contributed by atoms with van der Waals surface area (Å²) < 4.78 is 5.05. The molecule has 1 saturated heterocycles. The second-order valence-electron chi connectivity index (χ2n) is 6.06. The van der Waals surface area contributed by atoms with Crippen LogP contribution in [0, 0.1) is 11.8 Å².